The van der Waals surface area contributed by atoms with E-state index in [4.69, 9.17) is 11.6 Å². The summed E-state index contributed by atoms with van der Waals surface area (Å²) in [4.78, 5) is 12.2. The Morgan fingerprint density at radius 3 is 2.84 bits per heavy atom. The smallest absolute Gasteiger partial charge is 0.188 e. The lowest BCUT2D eigenvalue weighted by molar-refractivity contribution is 0.280. The molecule has 1 saturated heterocycles. The third-order valence-electron chi connectivity index (χ3n) is 5.22. The number of nitrogens with zero attached hydrogens (tertiary/aromatic N) is 4. The van der Waals surface area contributed by atoms with Crippen molar-refractivity contribution >= 4 is 55.4 Å². The van der Waals surface area contributed by atoms with Crippen LogP contribution in [0.3, 0.4) is 0 Å². The first-order chi connectivity index (χ1) is 15.0. The van der Waals surface area contributed by atoms with E-state index in [2.05, 4.69) is 30.4 Å². The fraction of sp³-hybridized carbons (Fsp3) is 0.250. The first-order valence-corrected chi connectivity index (χ1v) is 12.8. The van der Waals surface area contributed by atoms with Crippen molar-refractivity contribution in [2.75, 3.05) is 29.9 Å². The van der Waals surface area contributed by atoms with Gasteiger partial charge in [0.1, 0.15) is 0 Å². The van der Waals surface area contributed by atoms with E-state index in [1.807, 2.05) is 36.5 Å². The first kappa shape index (κ1) is 20.7. The lowest BCUT2D eigenvalue weighted by Gasteiger charge is -2.40. The second-order valence-corrected chi connectivity index (χ2v) is 11.4. The number of pyridine rings is 1. The Morgan fingerprint density at radius 1 is 1.19 bits per heavy atom. The van der Waals surface area contributed by atoms with E-state index < -0.39 is 10.6 Å². The molecule has 162 valence electrons. The van der Waals surface area contributed by atoms with E-state index in [1.54, 1.807) is 17.5 Å². The van der Waals surface area contributed by atoms with Gasteiger partial charge in [0.15, 0.2) is 10.9 Å². The molecular formula is C20H21ClN6O2S2. The van der Waals surface area contributed by atoms with Crippen LogP contribution in [0.4, 0.5) is 10.9 Å². The Hall–Kier alpha value is -2.21. The molecule has 0 aliphatic carbocycles. The Labute approximate surface area is 189 Å². The average Bonchev–Trinajstić information content (AvgIpc) is 3.37. The minimum Gasteiger partial charge on any atom is -0.314 e. The summed E-state index contributed by atoms with van der Waals surface area (Å²) in [6.45, 7) is 2.12. The zero-order valence-electron chi connectivity index (χ0n) is 16.5. The number of halogens is 1. The van der Waals surface area contributed by atoms with Gasteiger partial charge in [0.05, 0.1) is 27.7 Å². The lowest BCUT2D eigenvalue weighted by atomic mass is 10.1. The van der Waals surface area contributed by atoms with E-state index in [1.165, 1.54) is 0 Å². The normalized spacial score (nSPS) is 17.6. The summed E-state index contributed by atoms with van der Waals surface area (Å²) in [5.41, 5.74) is 2.55. The van der Waals surface area contributed by atoms with Crippen LogP contribution in [0.1, 0.15) is 4.88 Å². The number of fused-ring (bicyclic) bond motifs is 1. The Kier molecular flexibility index (Phi) is 5.59. The Bertz CT molecular complexity index is 1220. The van der Waals surface area contributed by atoms with Gasteiger partial charge in [-0.1, -0.05) is 17.7 Å². The summed E-state index contributed by atoms with van der Waals surface area (Å²) in [6, 6.07) is 9.57. The number of aromatic nitrogens is 4. The molecule has 1 fully saturated rings. The Morgan fingerprint density at radius 2 is 2.03 bits per heavy atom. The molecule has 4 heterocycles. The zero-order valence-corrected chi connectivity index (χ0v) is 18.8. The maximum atomic E-state index is 9.77. The molecule has 4 N–H and O–H groups in total. The first-order valence-electron chi connectivity index (χ1n) is 9.73. The fourth-order valence-electron chi connectivity index (χ4n) is 3.54. The van der Waals surface area contributed by atoms with Crippen molar-refractivity contribution < 1.29 is 9.11 Å². The maximum Gasteiger partial charge on any atom is 0.188 e. The molecule has 8 nitrogen and oxygen atoms in total. The number of aromatic amines is 1. The van der Waals surface area contributed by atoms with E-state index in [0.717, 1.165) is 38.7 Å². The van der Waals surface area contributed by atoms with E-state index in [9.17, 15) is 9.11 Å². The monoisotopic (exact) mass is 476 g/mol. The molecule has 1 aliphatic heterocycles. The summed E-state index contributed by atoms with van der Waals surface area (Å²) < 4.78 is 19.5. The van der Waals surface area contributed by atoms with Crippen LogP contribution in [-0.4, -0.2) is 58.8 Å². The number of H-pyrrole nitrogens is 1. The SMILES string of the molecule is OS1(O)CCN(Cc2cnc(Nc3n[nH]c4ccc(-c5ncccc5Cl)cc34)s2)CC1. The summed E-state index contributed by atoms with van der Waals surface area (Å²) >= 11 is 7.88. The van der Waals surface area contributed by atoms with Gasteiger partial charge < -0.3 is 5.32 Å². The van der Waals surface area contributed by atoms with Gasteiger partial charge in [-0.2, -0.15) is 15.7 Å². The van der Waals surface area contributed by atoms with Crippen LogP contribution in [0.15, 0.2) is 42.7 Å². The van der Waals surface area contributed by atoms with Crippen molar-refractivity contribution in [3.05, 3.63) is 52.6 Å². The van der Waals surface area contributed by atoms with Crippen LogP contribution < -0.4 is 5.32 Å². The van der Waals surface area contributed by atoms with Crippen molar-refractivity contribution in [3.63, 3.8) is 0 Å². The van der Waals surface area contributed by atoms with Crippen molar-refractivity contribution in [1.29, 1.82) is 0 Å². The second-order valence-electron chi connectivity index (χ2n) is 7.41. The molecule has 5 rings (SSSR count). The molecule has 3 aromatic heterocycles. The third kappa shape index (κ3) is 4.54. The second kappa shape index (κ2) is 8.38. The topological polar surface area (TPSA) is 110 Å². The summed E-state index contributed by atoms with van der Waals surface area (Å²) in [6.07, 6.45) is 3.58. The molecular weight excluding hydrogens is 456 g/mol. The van der Waals surface area contributed by atoms with Gasteiger partial charge in [-0.15, -0.1) is 11.3 Å². The molecule has 0 saturated carbocycles. The molecule has 0 amide bonds. The van der Waals surface area contributed by atoms with Gasteiger partial charge in [-0.05, 0) is 24.3 Å². The molecule has 0 bridgehead atoms. The predicted octanol–water partition coefficient (Wildman–Crippen LogP) is 5.04. The van der Waals surface area contributed by atoms with E-state index in [0.29, 0.717) is 35.4 Å². The molecule has 1 aliphatic rings. The summed E-state index contributed by atoms with van der Waals surface area (Å²) in [7, 11) is -2.37. The zero-order chi connectivity index (χ0) is 21.4. The Balaban J connectivity index is 1.33. The van der Waals surface area contributed by atoms with Crippen molar-refractivity contribution in [3.8, 4) is 11.3 Å². The maximum absolute atomic E-state index is 9.77. The molecule has 1 aromatic carbocycles. The molecule has 11 heteroatoms. The van der Waals surface area contributed by atoms with E-state index >= 15 is 0 Å². The van der Waals surface area contributed by atoms with Crippen LogP contribution >= 0.6 is 33.5 Å². The van der Waals surface area contributed by atoms with Crippen LogP contribution in [0.2, 0.25) is 5.02 Å². The number of hydrogen-bond acceptors (Lipinski definition) is 8. The van der Waals surface area contributed by atoms with Gasteiger partial charge in [0.25, 0.3) is 0 Å². The number of hydrogen-bond donors (Lipinski definition) is 4. The van der Waals surface area contributed by atoms with Crippen molar-refractivity contribution in [2.45, 2.75) is 6.54 Å². The highest BCUT2D eigenvalue weighted by atomic mass is 35.5. The molecule has 0 atom stereocenters. The van der Waals surface area contributed by atoms with Crippen LogP contribution in [0, 0.1) is 0 Å². The number of nitrogens with one attached hydrogen (secondary N) is 2. The van der Waals surface area contributed by atoms with Gasteiger partial charge in [-0.3, -0.25) is 24.1 Å². The number of rotatable bonds is 5. The van der Waals surface area contributed by atoms with Gasteiger partial charge in [0.2, 0.25) is 0 Å². The van der Waals surface area contributed by atoms with Gasteiger partial charge >= 0.3 is 0 Å². The number of thiazole rings is 1. The highest BCUT2D eigenvalue weighted by Crippen LogP contribution is 2.40. The molecule has 4 aromatic rings. The van der Waals surface area contributed by atoms with Gasteiger partial charge in [0, 0.05) is 47.9 Å². The van der Waals surface area contributed by atoms with Crippen LogP contribution in [0.5, 0.6) is 0 Å². The van der Waals surface area contributed by atoms with Crippen molar-refractivity contribution in [2.24, 2.45) is 0 Å². The summed E-state index contributed by atoms with van der Waals surface area (Å²) in [5, 5.41) is 13.0. The molecule has 0 unspecified atom stereocenters. The molecule has 31 heavy (non-hydrogen) atoms. The highest BCUT2D eigenvalue weighted by molar-refractivity contribution is 8.24. The standard InChI is InChI=1S/C20H21ClN6O2S2/c21-16-2-1-5-22-18(16)13-3-4-17-15(10-13)19(26-25-17)24-20-23-11-14(30-20)12-27-6-8-31(28,29)9-7-27/h1-5,10-11,28-29H,6-9,12H2,(H2,23,24,25,26). The quantitative estimate of drug-likeness (QED) is 0.319. The fourth-order valence-corrected chi connectivity index (χ4v) is 5.93. The highest BCUT2D eigenvalue weighted by Gasteiger charge is 2.22. The van der Waals surface area contributed by atoms with Crippen LogP contribution in [0.25, 0.3) is 22.2 Å². The van der Waals surface area contributed by atoms with Crippen molar-refractivity contribution in [1.82, 2.24) is 25.1 Å². The molecule has 0 spiro atoms. The minimum absolute atomic E-state index is 0.443. The van der Waals surface area contributed by atoms with Crippen LogP contribution in [-0.2, 0) is 6.54 Å². The lowest BCUT2D eigenvalue weighted by Crippen LogP contribution is -2.37. The number of benzene rings is 1. The third-order valence-corrected chi connectivity index (χ3v) is 8.10. The number of anilines is 2. The van der Waals surface area contributed by atoms with E-state index in [-0.39, 0.29) is 0 Å². The largest absolute Gasteiger partial charge is 0.314 e. The average molecular weight is 477 g/mol. The summed E-state index contributed by atoms with van der Waals surface area (Å²) in [5.74, 6) is 1.58. The molecule has 0 radical (unpaired) electrons. The van der Waals surface area contributed by atoms with Gasteiger partial charge in [-0.25, -0.2) is 4.98 Å². The predicted molar refractivity (Wildman–Crippen MR) is 128 cm³/mol. The minimum atomic E-state index is -2.37.